The minimum atomic E-state index is -0.413. The molecule has 0 aromatic heterocycles. The third kappa shape index (κ3) is 3.58. The van der Waals surface area contributed by atoms with Crippen LogP contribution in [0, 0.1) is 15.5 Å². The number of carbonyl (C=O) groups excluding carboxylic acids is 1. The van der Waals surface area contributed by atoms with Crippen molar-refractivity contribution in [3.05, 3.63) is 39.9 Å². The van der Waals surface area contributed by atoms with Crippen LogP contribution in [0.2, 0.25) is 0 Å². The summed E-state index contributed by atoms with van der Waals surface area (Å²) in [6, 6.07) is 6.45. The number of nitrogens with zero attached hydrogens (tertiary/aromatic N) is 1. The van der Waals surface area contributed by atoms with Gasteiger partial charge in [-0.25, -0.2) is 0 Å². The highest BCUT2D eigenvalue weighted by Crippen LogP contribution is 2.29. The van der Waals surface area contributed by atoms with Gasteiger partial charge in [0.05, 0.1) is 10.3 Å². The van der Waals surface area contributed by atoms with Crippen molar-refractivity contribution >= 4 is 11.6 Å². The van der Waals surface area contributed by atoms with Gasteiger partial charge in [-0.1, -0.05) is 19.1 Å². The molecule has 1 aliphatic heterocycles. The highest BCUT2D eigenvalue weighted by Gasteiger charge is 2.38. The van der Waals surface area contributed by atoms with Crippen LogP contribution in [0.3, 0.4) is 0 Å². The molecule has 0 bridgehead atoms. The smallest absolute Gasteiger partial charge is 0.269 e. The van der Waals surface area contributed by atoms with E-state index in [1.807, 2.05) is 6.92 Å². The van der Waals surface area contributed by atoms with Crippen LogP contribution < -0.4 is 10.6 Å². The number of amides is 1. The lowest BCUT2D eigenvalue weighted by molar-refractivity contribution is -0.384. The van der Waals surface area contributed by atoms with Crippen LogP contribution in [0.1, 0.15) is 25.3 Å². The highest BCUT2D eigenvalue weighted by atomic mass is 16.6. The van der Waals surface area contributed by atoms with E-state index in [1.54, 1.807) is 12.1 Å². The Morgan fingerprint density at radius 1 is 1.43 bits per heavy atom. The SMILES string of the molecule is CCC1(C(=O)NCCc2ccc([N+](=O)[O-])cc2)CCNC1. The second-order valence-electron chi connectivity index (χ2n) is 5.49. The molecule has 1 aliphatic rings. The molecule has 0 spiro atoms. The minimum Gasteiger partial charge on any atom is -0.355 e. The second kappa shape index (κ2) is 6.67. The Bertz CT molecular complexity index is 507. The average Bonchev–Trinajstić information content (AvgIpc) is 2.98. The summed E-state index contributed by atoms with van der Waals surface area (Å²) < 4.78 is 0. The number of benzene rings is 1. The van der Waals surface area contributed by atoms with Crippen molar-refractivity contribution in [3.8, 4) is 0 Å². The Morgan fingerprint density at radius 2 is 2.14 bits per heavy atom. The summed E-state index contributed by atoms with van der Waals surface area (Å²) in [5, 5.41) is 16.8. The summed E-state index contributed by atoms with van der Waals surface area (Å²) >= 11 is 0. The molecule has 1 aromatic rings. The van der Waals surface area contributed by atoms with Gasteiger partial charge in [-0.15, -0.1) is 0 Å². The van der Waals surface area contributed by atoms with Crippen molar-refractivity contribution < 1.29 is 9.72 Å². The molecule has 6 nitrogen and oxygen atoms in total. The minimum absolute atomic E-state index is 0.0877. The number of carbonyl (C=O) groups is 1. The fourth-order valence-corrected chi connectivity index (χ4v) is 2.69. The van der Waals surface area contributed by atoms with E-state index < -0.39 is 4.92 Å². The Labute approximate surface area is 124 Å². The average molecular weight is 291 g/mol. The lowest BCUT2D eigenvalue weighted by Crippen LogP contribution is -2.42. The standard InChI is InChI=1S/C15H21N3O3/c1-2-15(8-10-16-11-15)14(19)17-9-7-12-3-5-13(6-4-12)18(20)21/h3-6,16H,2,7-11H2,1H3,(H,17,19). The molecule has 1 unspecified atom stereocenters. The Balaban J connectivity index is 1.83. The van der Waals surface area contributed by atoms with Crippen molar-refractivity contribution in [2.75, 3.05) is 19.6 Å². The molecule has 0 saturated carbocycles. The van der Waals surface area contributed by atoms with Crippen molar-refractivity contribution in [2.45, 2.75) is 26.2 Å². The molecule has 6 heteroatoms. The third-order valence-corrected chi connectivity index (χ3v) is 4.25. The van der Waals surface area contributed by atoms with Crippen LogP contribution in [0.5, 0.6) is 0 Å². The van der Waals surface area contributed by atoms with Gasteiger partial charge in [-0.05, 0) is 31.4 Å². The van der Waals surface area contributed by atoms with Crippen molar-refractivity contribution in [2.24, 2.45) is 5.41 Å². The van der Waals surface area contributed by atoms with Gasteiger partial charge in [0, 0.05) is 25.2 Å². The molecule has 1 atom stereocenters. The number of hydrogen-bond donors (Lipinski definition) is 2. The summed E-state index contributed by atoms with van der Waals surface area (Å²) in [5.74, 6) is 0.108. The van der Waals surface area contributed by atoms with Gasteiger partial charge in [0.15, 0.2) is 0 Å². The first-order valence-electron chi connectivity index (χ1n) is 7.30. The number of non-ortho nitro benzene ring substituents is 1. The van der Waals surface area contributed by atoms with E-state index in [9.17, 15) is 14.9 Å². The topological polar surface area (TPSA) is 84.3 Å². The lowest BCUT2D eigenvalue weighted by atomic mass is 9.83. The van der Waals surface area contributed by atoms with Gasteiger partial charge in [-0.3, -0.25) is 14.9 Å². The Morgan fingerprint density at radius 3 is 2.67 bits per heavy atom. The number of rotatable bonds is 6. The summed E-state index contributed by atoms with van der Waals surface area (Å²) in [6.07, 6.45) is 2.40. The number of nitrogens with one attached hydrogen (secondary N) is 2. The van der Waals surface area contributed by atoms with Gasteiger partial charge in [0.2, 0.25) is 5.91 Å². The molecule has 1 fully saturated rings. The Hall–Kier alpha value is -1.95. The molecule has 1 amide bonds. The first-order valence-corrected chi connectivity index (χ1v) is 7.30. The first-order chi connectivity index (χ1) is 10.1. The van der Waals surface area contributed by atoms with Crippen LogP contribution in [0.25, 0.3) is 0 Å². The first kappa shape index (κ1) is 15.4. The summed E-state index contributed by atoms with van der Waals surface area (Å²) in [5.41, 5.74) is 0.802. The van der Waals surface area contributed by atoms with E-state index in [4.69, 9.17) is 0 Å². The number of hydrogen-bond acceptors (Lipinski definition) is 4. The second-order valence-corrected chi connectivity index (χ2v) is 5.49. The van der Waals surface area contributed by atoms with Crippen LogP contribution in [0.15, 0.2) is 24.3 Å². The van der Waals surface area contributed by atoms with Crippen molar-refractivity contribution in [3.63, 3.8) is 0 Å². The van der Waals surface area contributed by atoms with Crippen molar-refractivity contribution in [1.82, 2.24) is 10.6 Å². The molecule has 21 heavy (non-hydrogen) atoms. The van der Waals surface area contributed by atoms with Gasteiger partial charge < -0.3 is 10.6 Å². The van der Waals surface area contributed by atoms with E-state index in [2.05, 4.69) is 10.6 Å². The maximum Gasteiger partial charge on any atom is 0.269 e. The Kier molecular flexibility index (Phi) is 4.90. The number of nitro groups is 1. The molecule has 0 radical (unpaired) electrons. The maximum atomic E-state index is 12.3. The van der Waals surface area contributed by atoms with Gasteiger partial charge in [0.1, 0.15) is 0 Å². The molecule has 1 heterocycles. The van der Waals surface area contributed by atoms with Crippen LogP contribution >= 0.6 is 0 Å². The molecule has 1 saturated heterocycles. The van der Waals surface area contributed by atoms with Gasteiger partial charge >= 0.3 is 0 Å². The summed E-state index contributed by atoms with van der Waals surface area (Å²) in [4.78, 5) is 22.5. The van der Waals surface area contributed by atoms with Crippen LogP contribution in [-0.4, -0.2) is 30.5 Å². The monoisotopic (exact) mass is 291 g/mol. The molecular formula is C15H21N3O3. The van der Waals surface area contributed by atoms with E-state index in [0.29, 0.717) is 13.0 Å². The summed E-state index contributed by atoms with van der Waals surface area (Å²) in [6.45, 7) is 4.23. The zero-order valence-electron chi connectivity index (χ0n) is 12.2. The zero-order chi connectivity index (χ0) is 15.3. The molecule has 2 rings (SSSR count). The molecule has 1 aromatic carbocycles. The normalized spacial score (nSPS) is 21.2. The molecule has 2 N–H and O–H groups in total. The molecule has 0 aliphatic carbocycles. The lowest BCUT2D eigenvalue weighted by Gasteiger charge is -2.25. The quantitative estimate of drug-likeness (QED) is 0.616. The third-order valence-electron chi connectivity index (χ3n) is 4.25. The maximum absolute atomic E-state index is 12.3. The van der Waals surface area contributed by atoms with E-state index in [1.165, 1.54) is 12.1 Å². The zero-order valence-corrected chi connectivity index (χ0v) is 12.2. The fraction of sp³-hybridized carbons (Fsp3) is 0.533. The largest absolute Gasteiger partial charge is 0.355 e. The molecular weight excluding hydrogens is 270 g/mol. The van der Waals surface area contributed by atoms with E-state index in [0.717, 1.165) is 31.5 Å². The molecule has 114 valence electrons. The van der Waals surface area contributed by atoms with E-state index in [-0.39, 0.29) is 17.0 Å². The fourth-order valence-electron chi connectivity index (χ4n) is 2.69. The van der Waals surface area contributed by atoms with Crippen LogP contribution in [-0.2, 0) is 11.2 Å². The van der Waals surface area contributed by atoms with Gasteiger partial charge in [-0.2, -0.15) is 0 Å². The van der Waals surface area contributed by atoms with Crippen LogP contribution in [0.4, 0.5) is 5.69 Å². The van der Waals surface area contributed by atoms with Gasteiger partial charge in [0.25, 0.3) is 5.69 Å². The van der Waals surface area contributed by atoms with E-state index >= 15 is 0 Å². The van der Waals surface area contributed by atoms with Crippen molar-refractivity contribution in [1.29, 1.82) is 0 Å². The highest BCUT2D eigenvalue weighted by molar-refractivity contribution is 5.83. The number of nitro benzene ring substituents is 1. The predicted octanol–water partition coefficient (Wildman–Crippen LogP) is 1.64. The predicted molar refractivity (Wildman–Crippen MR) is 80.0 cm³/mol. The summed E-state index contributed by atoms with van der Waals surface area (Å²) in [7, 11) is 0.